The summed E-state index contributed by atoms with van der Waals surface area (Å²) in [7, 11) is 1.48. The topological polar surface area (TPSA) is 62.6 Å². The molecule has 0 aliphatic carbocycles. The third kappa shape index (κ3) is 4.12. The van der Waals surface area contributed by atoms with Crippen LogP contribution < -0.4 is 14.4 Å². The molecule has 1 aliphatic rings. The molecule has 3 rings (SSSR count). The number of hydrogen-bond donors (Lipinski definition) is 0. The Morgan fingerprint density at radius 2 is 2.11 bits per heavy atom. The van der Waals surface area contributed by atoms with Crippen LogP contribution >= 0.6 is 35.6 Å². The Bertz CT molecular complexity index is 1040. The van der Waals surface area contributed by atoms with Gasteiger partial charge in [0.15, 0.2) is 22.4 Å². The molecule has 1 aliphatic heterocycles. The molecule has 0 radical (unpaired) electrons. The molecule has 2 aromatic carbocycles. The van der Waals surface area contributed by atoms with Crippen LogP contribution in [0.15, 0.2) is 41.3 Å². The Balaban J connectivity index is 1.89. The summed E-state index contributed by atoms with van der Waals surface area (Å²) in [5.74, 6) is -0.0434. The molecule has 1 fully saturated rings. The summed E-state index contributed by atoms with van der Waals surface area (Å²) in [6, 6.07) is 11.0. The van der Waals surface area contributed by atoms with Gasteiger partial charge in [-0.1, -0.05) is 41.6 Å². The molecule has 0 saturated carbocycles. The van der Waals surface area contributed by atoms with Gasteiger partial charge in [0, 0.05) is 0 Å². The molecule has 5 nitrogen and oxygen atoms in total. The molecule has 9 heteroatoms. The van der Waals surface area contributed by atoms with E-state index in [0.717, 1.165) is 11.8 Å². The molecular formula is C19H12ClFN2O3S2. The molecule has 1 heterocycles. The number of ether oxygens (including phenoxy) is 2. The lowest BCUT2D eigenvalue weighted by Gasteiger charge is -2.14. The smallest absolute Gasteiger partial charge is 0.270 e. The van der Waals surface area contributed by atoms with Crippen molar-refractivity contribution in [2.24, 2.45) is 0 Å². The first-order chi connectivity index (χ1) is 13.4. The first-order valence-electron chi connectivity index (χ1n) is 7.85. The number of benzene rings is 2. The highest BCUT2D eigenvalue weighted by Gasteiger charge is 2.33. The molecule has 1 saturated heterocycles. The Kier molecular flexibility index (Phi) is 6.19. The summed E-state index contributed by atoms with van der Waals surface area (Å²) in [4.78, 5) is 14.5. The predicted octanol–water partition coefficient (Wildman–Crippen LogP) is 4.80. The van der Waals surface area contributed by atoms with E-state index in [1.54, 1.807) is 24.3 Å². The molecular weight excluding hydrogens is 423 g/mol. The van der Waals surface area contributed by atoms with E-state index >= 15 is 0 Å². The first kappa shape index (κ1) is 20.1. The minimum Gasteiger partial charge on any atom is -0.493 e. The zero-order chi connectivity index (χ0) is 20.3. The van der Waals surface area contributed by atoms with Crippen molar-refractivity contribution in [3.63, 3.8) is 0 Å². The third-order valence-electron chi connectivity index (χ3n) is 3.73. The van der Waals surface area contributed by atoms with Crippen molar-refractivity contribution in [3.8, 4) is 17.6 Å². The van der Waals surface area contributed by atoms with E-state index in [1.165, 1.54) is 30.2 Å². The maximum Gasteiger partial charge on any atom is 0.270 e. The highest BCUT2D eigenvalue weighted by atomic mass is 35.5. The SMILES string of the molecule is COc1cc(/C=C2\SC(=S)N(c3ccc(F)c(Cl)c3)C2=O)ccc1OCC#N. The van der Waals surface area contributed by atoms with E-state index in [2.05, 4.69) is 0 Å². The van der Waals surface area contributed by atoms with E-state index in [9.17, 15) is 9.18 Å². The minimum absolute atomic E-state index is 0.0896. The average molecular weight is 435 g/mol. The number of methoxy groups -OCH3 is 1. The zero-order valence-electron chi connectivity index (χ0n) is 14.4. The maximum absolute atomic E-state index is 13.4. The van der Waals surface area contributed by atoms with Gasteiger partial charge in [0.25, 0.3) is 5.91 Å². The van der Waals surface area contributed by atoms with Gasteiger partial charge < -0.3 is 9.47 Å². The molecule has 0 aromatic heterocycles. The molecule has 1 amide bonds. The number of nitriles is 1. The molecule has 0 N–H and O–H groups in total. The van der Waals surface area contributed by atoms with E-state index in [1.807, 2.05) is 6.07 Å². The van der Waals surface area contributed by atoms with Gasteiger partial charge in [0.2, 0.25) is 0 Å². The van der Waals surface area contributed by atoms with Crippen LogP contribution in [0.3, 0.4) is 0 Å². The quantitative estimate of drug-likeness (QED) is 0.497. The summed E-state index contributed by atoms with van der Waals surface area (Å²) in [5.41, 5.74) is 1.09. The summed E-state index contributed by atoms with van der Waals surface area (Å²) in [5, 5.41) is 8.54. The molecule has 28 heavy (non-hydrogen) atoms. The Morgan fingerprint density at radius 1 is 1.32 bits per heavy atom. The summed E-state index contributed by atoms with van der Waals surface area (Å²) >= 11 is 12.2. The molecule has 0 bridgehead atoms. The van der Waals surface area contributed by atoms with Crippen LogP contribution in [-0.2, 0) is 4.79 Å². The second-order valence-corrected chi connectivity index (χ2v) is 7.56. The number of halogens is 2. The third-order valence-corrected chi connectivity index (χ3v) is 5.32. The number of thioether (sulfide) groups is 1. The number of amides is 1. The van der Waals surface area contributed by atoms with Gasteiger partial charge in [-0.15, -0.1) is 0 Å². The molecule has 2 aromatic rings. The van der Waals surface area contributed by atoms with Crippen LogP contribution in [0, 0.1) is 17.1 Å². The number of carbonyl (C=O) groups excluding carboxylic acids is 1. The fourth-order valence-electron chi connectivity index (χ4n) is 2.47. The molecule has 0 spiro atoms. The van der Waals surface area contributed by atoms with Gasteiger partial charge in [-0.05, 0) is 42.0 Å². The van der Waals surface area contributed by atoms with Gasteiger partial charge in [-0.25, -0.2) is 4.39 Å². The van der Waals surface area contributed by atoms with Crippen LogP contribution in [0.5, 0.6) is 11.5 Å². The highest BCUT2D eigenvalue weighted by Crippen LogP contribution is 2.38. The Hall–Kier alpha value is -2.60. The van der Waals surface area contributed by atoms with Crippen LogP contribution in [-0.4, -0.2) is 23.9 Å². The van der Waals surface area contributed by atoms with E-state index in [0.29, 0.717) is 32.0 Å². The minimum atomic E-state index is -0.572. The second kappa shape index (κ2) is 8.61. The lowest BCUT2D eigenvalue weighted by atomic mass is 10.2. The van der Waals surface area contributed by atoms with Gasteiger partial charge in [-0.3, -0.25) is 9.69 Å². The number of rotatable bonds is 5. The van der Waals surface area contributed by atoms with Crippen LogP contribution in [0.2, 0.25) is 5.02 Å². The highest BCUT2D eigenvalue weighted by molar-refractivity contribution is 8.27. The number of hydrogen-bond acceptors (Lipinski definition) is 6. The summed E-state index contributed by atoms with van der Waals surface area (Å²) in [6.45, 7) is -0.103. The fraction of sp³-hybridized carbons (Fsp3) is 0.105. The van der Waals surface area contributed by atoms with Gasteiger partial charge in [0.1, 0.15) is 11.9 Å². The Labute approximate surface area is 175 Å². The van der Waals surface area contributed by atoms with Crippen molar-refractivity contribution in [3.05, 3.63) is 57.7 Å². The fourth-order valence-corrected chi connectivity index (χ4v) is 3.94. The monoisotopic (exact) mass is 434 g/mol. The summed E-state index contributed by atoms with van der Waals surface area (Å²) < 4.78 is 24.3. The summed E-state index contributed by atoms with van der Waals surface area (Å²) in [6.07, 6.45) is 1.67. The maximum atomic E-state index is 13.4. The molecule has 0 unspecified atom stereocenters. The normalized spacial score (nSPS) is 15.1. The number of nitrogens with zero attached hydrogens (tertiary/aromatic N) is 2. The number of thiocarbonyl (C=S) groups is 1. The van der Waals surface area contributed by atoms with Crippen molar-refractivity contribution < 1.29 is 18.7 Å². The number of anilines is 1. The largest absolute Gasteiger partial charge is 0.493 e. The van der Waals surface area contributed by atoms with Crippen molar-refractivity contribution >= 4 is 57.6 Å². The zero-order valence-corrected chi connectivity index (χ0v) is 16.8. The van der Waals surface area contributed by atoms with Crippen LogP contribution in [0.1, 0.15) is 5.56 Å². The van der Waals surface area contributed by atoms with Crippen LogP contribution in [0.4, 0.5) is 10.1 Å². The van der Waals surface area contributed by atoms with Crippen molar-refractivity contribution in [1.82, 2.24) is 0 Å². The predicted molar refractivity (Wildman–Crippen MR) is 111 cm³/mol. The van der Waals surface area contributed by atoms with Crippen molar-refractivity contribution in [2.75, 3.05) is 18.6 Å². The van der Waals surface area contributed by atoms with Gasteiger partial charge in [0.05, 0.1) is 22.7 Å². The van der Waals surface area contributed by atoms with Gasteiger partial charge in [-0.2, -0.15) is 5.26 Å². The molecule has 0 atom stereocenters. The van der Waals surface area contributed by atoms with E-state index in [4.69, 9.17) is 38.6 Å². The lowest BCUT2D eigenvalue weighted by Crippen LogP contribution is -2.27. The Morgan fingerprint density at radius 3 is 2.79 bits per heavy atom. The van der Waals surface area contributed by atoms with E-state index < -0.39 is 5.82 Å². The molecule has 142 valence electrons. The standard InChI is InChI=1S/C19H12ClFN2O3S2/c1-25-16-8-11(2-5-15(16)26-7-6-22)9-17-18(24)23(19(27)28-17)12-3-4-14(21)13(20)10-12/h2-5,8-10H,7H2,1H3/b17-9-. The first-order valence-corrected chi connectivity index (χ1v) is 9.45. The van der Waals surface area contributed by atoms with E-state index in [-0.39, 0.29) is 17.5 Å². The van der Waals surface area contributed by atoms with Crippen molar-refractivity contribution in [1.29, 1.82) is 5.26 Å². The number of carbonyl (C=O) groups is 1. The van der Waals surface area contributed by atoms with Gasteiger partial charge >= 0.3 is 0 Å². The van der Waals surface area contributed by atoms with Crippen LogP contribution in [0.25, 0.3) is 6.08 Å². The second-order valence-electron chi connectivity index (χ2n) is 5.47. The van der Waals surface area contributed by atoms with Crippen molar-refractivity contribution in [2.45, 2.75) is 0 Å². The average Bonchev–Trinajstić information content (AvgIpc) is 2.96. The lowest BCUT2D eigenvalue weighted by molar-refractivity contribution is -0.113.